The van der Waals surface area contributed by atoms with Crippen LogP contribution in [0.25, 0.3) is 0 Å². The van der Waals surface area contributed by atoms with E-state index in [4.69, 9.17) is 16.9 Å². The van der Waals surface area contributed by atoms with Gasteiger partial charge in [0.25, 0.3) is 5.56 Å². The Labute approximate surface area is 150 Å². The molecule has 2 aliphatic rings. The molecular formula is C19H17ClN4O. The number of nitriles is 1. The monoisotopic (exact) mass is 352 g/mol. The van der Waals surface area contributed by atoms with E-state index >= 15 is 0 Å². The fourth-order valence-corrected chi connectivity index (χ4v) is 3.91. The van der Waals surface area contributed by atoms with Crippen molar-refractivity contribution in [2.75, 3.05) is 5.32 Å². The van der Waals surface area contributed by atoms with Crippen LogP contribution in [0.5, 0.6) is 0 Å². The smallest absolute Gasteiger partial charge is 0.257 e. The molecule has 0 bridgehead atoms. The van der Waals surface area contributed by atoms with Gasteiger partial charge < -0.3 is 10.3 Å². The van der Waals surface area contributed by atoms with Crippen molar-refractivity contribution in [3.05, 3.63) is 67.9 Å². The number of nitrogens with zero attached hydrogens (tertiary/aromatic N) is 2. The molecule has 0 amide bonds. The Hall–Kier alpha value is -2.58. The lowest BCUT2D eigenvalue weighted by atomic mass is 9.77. The van der Waals surface area contributed by atoms with E-state index < -0.39 is 0 Å². The van der Waals surface area contributed by atoms with Crippen molar-refractivity contribution in [1.29, 1.82) is 5.26 Å². The Balaban J connectivity index is 1.92. The molecule has 2 heterocycles. The number of H-pyrrole nitrogens is 1. The number of nitrogens with one attached hydrogen (secondary N) is 2. The molecule has 0 fully saturated rings. The summed E-state index contributed by atoms with van der Waals surface area (Å²) in [4.78, 5) is 20.1. The van der Waals surface area contributed by atoms with Crippen molar-refractivity contribution < 1.29 is 0 Å². The minimum atomic E-state index is -0.181. The van der Waals surface area contributed by atoms with Gasteiger partial charge in [-0.15, -0.1) is 0 Å². The molecule has 1 aromatic carbocycles. The zero-order chi connectivity index (χ0) is 17.4. The summed E-state index contributed by atoms with van der Waals surface area (Å²) in [6.07, 6.45) is 4.26. The maximum atomic E-state index is 12.8. The van der Waals surface area contributed by atoms with Crippen molar-refractivity contribution in [2.45, 2.75) is 38.0 Å². The molecule has 6 heteroatoms. The van der Waals surface area contributed by atoms with Crippen molar-refractivity contribution in [1.82, 2.24) is 9.97 Å². The molecule has 126 valence electrons. The van der Waals surface area contributed by atoms with Crippen molar-refractivity contribution in [2.24, 2.45) is 0 Å². The average Bonchev–Trinajstić information content (AvgIpc) is 2.61. The first-order valence-corrected chi connectivity index (χ1v) is 8.79. The summed E-state index contributed by atoms with van der Waals surface area (Å²) in [7, 11) is 0. The van der Waals surface area contributed by atoms with Gasteiger partial charge in [-0.05, 0) is 49.0 Å². The number of aromatic nitrogens is 2. The molecule has 0 spiro atoms. The number of allylic oxidation sites excluding steroid dienone is 2. The van der Waals surface area contributed by atoms with E-state index in [1.807, 2.05) is 30.3 Å². The topological polar surface area (TPSA) is 81.6 Å². The van der Waals surface area contributed by atoms with E-state index in [1.54, 1.807) is 0 Å². The minimum absolute atomic E-state index is 0.0850. The number of benzene rings is 1. The number of anilines is 1. The maximum Gasteiger partial charge on any atom is 0.257 e. The Bertz CT molecular complexity index is 953. The number of aromatic amines is 1. The number of hydrogen-bond acceptors (Lipinski definition) is 4. The number of halogens is 1. The summed E-state index contributed by atoms with van der Waals surface area (Å²) in [6.45, 7) is 0. The van der Waals surface area contributed by atoms with E-state index in [2.05, 4.69) is 15.3 Å². The lowest BCUT2D eigenvalue weighted by Crippen LogP contribution is -2.30. The van der Waals surface area contributed by atoms with Crippen LogP contribution in [0, 0.1) is 11.3 Å². The first kappa shape index (κ1) is 15.9. The van der Waals surface area contributed by atoms with E-state index in [-0.39, 0.29) is 17.9 Å². The number of hydrogen-bond donors (Lipinski definition) is 2. The molecule has 0 saturated heterocycles. The molecule has 2 aromatic rings. The molecular weight excluding hydrogens is 336 g/mol. The van der Waals surface area contributed by atoms with Gasteiger partial charge in [-0.2, -0.15) is 5.26 Å². The van der Waals surface area contributed by atoms with Crippen LogP contribution in [0.15, 0.2) is 40.3 Å². The SMILES string of the molecule is N#CCc1nc2c(c(=O)[nH]1)C(c1ccc(Cl)cc1)C1=C(CCCC1)N2. The third-order valence-corrected chi connectivity index (χ3v) is 5.12. The van der Waals surface area contributed by atoms with Gasteiger partial charge in [-0.1, -0.05) is 23.7 Å². The molecule has 1 atom stereocenters. The van der Waals surface area contributed by atoms with Gasteiger partial charge in [-0.25, -0.2) is 4.98 Å². The van der Waals surface area contributed by atoms with Gasteiger partial charge in [0, 0.05) is 16.6 Å². The Morgan fingerprint density at radius 1 is 1.24 bits per heavy atom. The first-order chi connectivity index (χ1) is 12.2. The first-order valence-electron chi connectivity index (χ1n) is 8.42. The predicted octanol–water partition coefficient (Wildman–Crippen LogP) is 3.87. The molecule has 2 N–H and O–H groups in total. The summed E-state index contributed by atoms with van der Waals surface area (Å²) in [5, 5.41) is 12.9. The Morgan fingerprint density at radius 2 is 2.00 bits per heavy atom. The summed E-state index contributed by atoms with van der Waals surface area (Å²) >= 11 is 6.04. The van der Waals surface area contributed by atoms with Gasteiger partial charge in [0.05, 0.1) is 18.1 Å². The van der Waals surface area contributed by atoms with Gasteiger partial charge in [0.2, 0.25) is 0 Å². The molecule has 5 nitrogen and oxygen atoms in total. The van der Waals surface area contributed by atoms with Gasteiger partial charge in [0.1, 0.15) is 11.6 Å². The Morgan fingerprint density at radius 3 is 2.76 bits per heavy atom. The fourth-order valence-electron chi connectivity index (χ4n) is 3.78. The maximum absolute atomic E-state index is 12.8. The predicted molar refractivity (Wildman–Crippen MR) is 96.6 cm³/mol. The van der Waals surface area contributed by atoms with Crippen molar-refractivity contribution >= 4 is 17.4 Å². The molecule has 4 rings (SSSR count). The van der Waals surface area contributed by atoms with Gasteiger partial charge in [-0.3, -0.25) is 4.79 Å². The Kier molecular flexibility index (Phi) is 4.06. The second-order valence-corrected chi connectivity index (χ2v) is 6.87. The third kappa shape index (κ3) is 2.83. The quantitative estimate of drug-likeness (QED) is 0.859. The van der Waals surface area contributed by atoms with Gasteiger partial charge in [0.15, 0.2) is 0 Å². The van der Waals surface area contributed by atoms with Crippen LogP contribution >= 0.6 is 11.6 Å². The zero-order valence-corrected chi connectivity index (χ0v) is 14.4. The highest BCUT2D eigenvalue weighted by molar-refractivity contribution is 6.30. The number of fused-ring (bicyclic) bond motifs is 1. The van der Waals surface area contributed by atoms with Crippen LogP contribution < -0.4 is 10.9 Å². The molecule has 0 saturated carbocycles. The largest absolute Gasteiger partial charge is 0.343 e. The molecule has 1 aromatic heterocycles. The van der Waals surface area contributed by atoms with Gasteiger partial charge >= 0.3 is 0 Å². The van der Waals surface area contributed by atoms with E-state index in [1.165, 1.54) is 11.3 Å². The van der Waals surface area contributed by atoms with E-state index in [0.717, 1.165) is 31.2 Å². The van der Waals surface area contributed by atoms with Crippen LogP contribution in [-0.4, -0.2) is 9.97 Å². The highest BCUT2D eigenvalue weighted by Gasteiger charge is 2.33. The summed E-state index contributed by atoms with van der Waals surface area (Å²) in [5.74, 6) is 0.860. The van der Waals surface area contributed by atoms with Crippen LogP contribution in [0.1, 0.15) is 48.6 Å². The summed E-state index contributed by atoms with van der Waals surface area (Å²) in [6, 6.07) is 9.70. The van der Waals surface area contributed by atoms with Crippen molar-refractivity contribution in [3.8, 4) is 6.07 Å². The minimum Gasteiger partial charge on any atom is -0.343 e. The van der Waals surface area contributed by atoms with E-state index in [9.17, 15) is 4.79 Å². The lowest BCUT2D eigenvalue weighted by molar-refractivity contribution is 0.630. The normalized spacial score (nSPS) is 18.8. The van der Waals surface area contributed by atoms with Crippen LogP contribution in [0.3, 0.4) is 0 Å². The highest BCUT2D eigenvalue weighted by Crippen LogP contribution is 2.44. The molecule has 0 radical (unpaired) electrons. The van der Waals surface area contributed by atoms with E-state index in [0.29, 0.717) is 22.2 Å². The summed E-state index contributed by atoms with van der Waals surface area (Å²) in [5.41, 5.74) is 3.92. The highest BCUT2D eigenvalue weighted by atomic mass is 35.5. The lowest BCUT2D eigenvalue weighted by Gasteiger charge is -2.33. The van der Waals surface area contributed by atoms with Crippen LogP contribution in [0.2, 0.25) is 5.02 Å². The van der Waals surface area contributed by atoms with Crippen LogP contribution in [-0.2, 0) is 6.42 Å². The molecule has 1 unspecified atom stereocenters. The second-order valence-electron chi connectivity index (χ2n) is 6.43. The summed E-state index contributed by atoms with van der Waals surface area (Å²) < 4.78 is 0. The van der Waals surface area contributed by atoms with Crippen LogP contribution in [0.4, 0.5) is 5.82 Å². The zero-order valence-electron chi connectivity index (χ0n) is 13.6. The molecule has 25 heavy (non-hydrogen) atoms. The number of rotatable bonds is 2. The molecule has 1 aliphatic carbocycles. The average molecular weight is 353 g/mol. The fraction of sp³-hybridized carbons (Fsp3) is 0.316. The van der Waals surface area contributed by atoms with Crippen molar-refractivity contribution in [3.63, 3.8) is 0 Å². The molecule has 1 aliphatic heterocycles. The second kappa shape index (κ2) is 6.38. The standard InChI is InChI=1S/C19H17ClN4O/c20-12-7-5-11(6-8-12)16-13-3-1-2-4-14(13)22-18-17(16)19(25)24-15(23-18)9-10-21/h5-8,16H,1-4,9H2,(H2,22,23,24,25). The third-order valence-electron chi connectivity index (χ3n) is 4.87.